The summed E-state index contributed by atoms with van der Waals surface area (Å²) >= 11 is 5.74. The maximum atomic E-state index is 11.9. The van der Waals surface area contributed by atoms with Gasteiger partial charge in [0, 0.05) is 41.7 Å². The largest absolute Gasteiger partial charge is 0.465 e. The molecular formula is C16H22ClN3O5. The van der Waals surface area contributed by atoms with Crippen molar-refractivity contribution in [1.82, 2.24) is 10.2 Å². The van der Waals surface area contributed by atoms with Gasteiger partial charge < -0.3 is 15.3 Å². The Labute approximate surface area is 150 Å². The number of rotatable bonds is 7. The number of nitrogens with one attached hydrogen (secondary N) is 1. The van der Waals surface area contributed by atoms with E-state index in [9.17, 15) is 24.8 Å². The summed E-state index contributed by atoms with van der Waals surface area (Å²) in [4.78, 5) is 34.8. The minimum absolute atomic E-state index is 0.00817. The molecule has 0 heterocycles. The van der Waals surface area contributed by atoms with E-state index in [1.54, 1.807) is 20.8 Å². The highest BCUT2D eigenvalue weighted by molar-refractivity contribution is 6.30. The van der Waals surface area contributed by atoms with Crippen LogP contribution in [0.3, 0.4) is 0 Å². The van der Waals surface area contributed by atoms with E-state index in [-0.39, 0.29) is 36.1 Å². The van der Waals surface area contributed by atoms with Crippen molar-refractivity contribution < 1.29 is 19.6 Å². The fraction of sp³-hybridized carbons (Fsp3) is 0.500. The Balaban J connectivity index is 2.54. The van der Waals surface area contributed by atoms with Crippen LogP contribution in [0.5, 0.6) is 0 Å². The van der Waals surface area contributed by atoms with Gasteiger partial charge in [-0.2, -0.15) is 0 Å². The summed E-state index contributed by atoms with van der Waals surface area (Å²) in [6.07, 6.45) is -0.552. The lowest BCUT2D eigenvalue weighted by molar-refractivity contribution is -0.385. The van der Waals surface area contributed by atoms with Crippen molar-refractivity contribution >= 4 is 29.3 Å². The van der Waals surface area contributed by atoms with Crippen LogP contribution < -0.4 is 5.32 Å². The molecule has 138 valence electrons. The number of nitrogens with zero attached hydrogens (tertiary/aromatic N) is 2. The van der Waals surface area contributed by atoms with E-state index in [1.165, 1.54) is 23.1 Å². The van der Waals surface area contributed by atoms with Crippen LogP contribution in [0, 0.1) is 10.1 Å². The van der Waals surface area contributed by atoms with Gasteiger partial charge in [0.15, 0.2) is 0 Å². The van der Waals surface area contributed by atoms with Gasteiger partial charge in [-0.3, -0.25) is 14.9 Å². The van der Waals surface area contributed by atoms with Crippen molar-refractivity contribution in [2.45, 2.75) is 45.7 Å². The highest BCUT2D eigenvalue weighted by Crippen LogP contribution is 2.23. The van der Waals surface area contributed by atoms with Crippen molar-refractivity contribution in [3.8, 4) is 0 Å². The summed E-state index contributed by atoms with van der Waals surface area (Å²) in [6, 6.07) is 4.24. The van der Waals surface area contributed by atoms with Gasteiger partial charge in [0.05, 0.1) is 4.92 Å². The van der Waals surface area contributed by atoms with Crippen LogP contribution in [0.15, 0.2) is 18.2 Å². The summed E-state index contributed by atoms with van der Waals surface area (Å²) in [5.41, 5.74) is -0.353. The number of carbonyl (C=O) groups excluding carboxylic acids is 1. The number of hydrogen-bond donors (Lipinski definition) is 2. The standard InChI is InChI=1S/C16H22ClN3O5/c1-16(2,3)19(15(22)23)8-4-5-14(21)18-10-11-6-7-12(17)9-13(11)20(24)25/h6-7,9H,4-5,8,10H2,1-3H3,(H,18,21)(H,22,23). The Morgan fingerprint density at radius 1 is 1.36 bits per heavy atom. The molecule has 0 saturated heterocycles. The number of amides is 2. The minimum Gasteiger partial charge on any atom is -0.465 e. The molecule has 1 aromatic carbocycles. The lowest BCUT2D eigenvalue weighted by Gasteiger charge is -2.33. The third-order valence-corrected chi connectivity index (χ3v) is 3.78. The van der Waals surface area contributed by atoms with Gasteiger partial charge in [0.25, 0.3) is 5.69 Å². The first-order valence-electron chi connectivity index (χ1n) is 7.72. The van der Waals surface area contributed by atoms with E-state index in [0.717, 1.165) is 0 Å². The Bertz CT molecular complexity index is 658. The molecule has 0 bridgehead atoms. The quantitative estimate of drug-likeness (QED) is 0.563. The zero-order valence-electron chi connectivity index (χ0n) is 14.4. The second-order valence-corrected chi connectivity index (χ2v) is 6.95. The maximum absolute atomic E-state index is 11.9. The fourth-order valence-electron chi connectivity index (χ4n) is 2.25. The number of nitro benzene ring substituents is 1. The van der Waals surface area contributed by atoms with Gasteiger partial charge in [-0.25, -0.2) is 4.79 Å². The normalized spacial score (nSPS) is 11.0. The average Bonchev–Trinajstić information content (AvgIpc) is 2.48. The summed E-state index contributed by atoms with van der Waals surface area (Å²) < 4.78 is 0. The molecule has 0 unspecified atom stereocenters. The van der Waals surface area contributed by atoms with E-state index in [1.807, 2.05) is 0 Å². The molecule has 0 aliphatic carbocycles. The molecular weight excluding hydrogens is 350 g/mol. The lowest BCUT2D eigenvalue weighted by atomic mass is 10.1. The third-order valence-electron chi connectivity index (χ3n) is 3.55. The molecule has 1 rings (SSSR count). The Morgan fingerprint density at radius 2 is 2.00 bits per heavy atom. The predicted octanol–water partition coefficient (Wildman–Crippen LogP) is 3.42. The number of carboxylic acid groups (broad SMARTS) is 1. The Hall–Kier alpha value is -2.35. The second-order valence-electron chi connectivity index (χ2n) is 6.52. The lowest BCUT2D eigenvalue weighted by Crippen LogP contribution is -2.45. The topological polar surface area (TPSA) is 113 Å². The zero-order valence-corrected chi connectivity index (χ0v) is 15.2. The smallest absolute Gasteiger partial charge is 0.407 e. The number of nitro groups is 1. The molecule has 9 heteroatoms. The molecule has 0 aliphatic rings. The molecule has 2 amide bonds. The monoisotopic (exact) mass is 371 g/mol. The van der Waals surface area contributed by atoms with Gasteiger partial charge in [0.1, 0.15) is 0 Å². The van der Waals surface area contributed by atoms with Gasteiger partial charge in [-0.15, -0.1) is 0 Å². The van der Waals surface area contributed by atoms with E-state index in [2.05, 4.69) is 5.32 Å². The van der Waals surface area contributed by atoms with Gasteiger partial charge in [-0.05, 0) is 39.3 Å². The minimum atomic E-state index is -1.04. The number of hydrogen-bond acceptors (Lipinski definition) is 4. The molecule has 0 aliphatic heterocycles. The number of carbonyl (C=O) groups is 2. The molecule has 1 aromatic rings. The van der Waals surface area contributed by atoms with E-state index >= 15 is 0 Å². The SMILES string of the molecule is CC(C)(C)N(CCCC(=O)NCc1ccc(Cl)cc1[N+](=O)[O-])C(=O)O. The molecule has 8 nitrogen and oxygen atoms in total. The first kappa shape index (κ1) is 20.7. The van der Waals surface area contributed by atoms with Crippen LogP contribution in [0.1, 0.15) is 39.2 Å². The summed E-state index contributed by atoms with van der Waals surface area (Å²) in [7, 11) is 0. The van der Waals surface area contributed by atoms with E-state index < -0.39 is 16.6 Å². The molecule has 0 spiro atoms. The zero-order chi connectivity index (χ0) is 19.2. The van der Waals surface area contributed by atoms with Crippen LogP contribution in [0.25, 0.3) is 0 Å². The van der Waals surface area contributed by atoms with Crippen molar-refractivity contribution in [2.75, 3.05) is 6.54 Å². The number of halogens is 1. The van der Waals surface area contributed by atoms with Crippen LogP contribution >= 0.6 is 11.6 Å². The van der Waals surface area contributed by atoms with Crippen LogP contribution in [-0.4, -0.2) is 39.0 Å². The van der Waals surface area contributed by atoms with E-state index in [0.29, 0.717) is 12.0 Å². The van der Waals surface area contributed by atoms with E-state index in [4.69, 9.17) is 11.6 Å². The van der Waals surface area contributed by atoms with Gasteiger partial charge >= 0.3 is 6.09 Å². The first-order valence-corrected chi connectivity index (χ1v) is 8.10. The number of benzene rings is 1. The maximum Gasteiger partial charge on any atom is 0.407 e. The van der Waals surface area contributed by atoms with Gasteiger partial charge in [-0.1, -0.05) is 11.6 Å². The molecule has 0 radical (unpaired) electrons. The Morgan fingerprint density at radius 3 is 2.52 bits per heavy atom. The van der Waals surface area contributed by atoms with Gasteiger partial charge in [0.2, 0.25) is 5.91 Å². The van der Waals surface area contributed by atoms with Crippen LogP contribution in [0.4, 0.5) is 10.5 Å². The first-order chi connectivity index (χ1) is 11.5. The average molecular weight is 372 g/mol. The Kier molecular flexibility index (Phi) is 7.17. The van der Waals surface area contributed by atoms with Crippen molar-refractivity contribution in [3.05, 3.63) is 38.9 Å². The summed E-state index contributed by atoms with van der Waals surface area (Å²) in [5, 5.41) is 23.0. The van der Waals surface area contributed by atoms with Crippen LogP contribution in [0.2, 0.25) is 5.02 Å². The summed E-state index contributed by atoms with van der Waals surface area (Å²) in [6.45, 7) is 5.57. The van der Waals surface area contributed by atoms with Crippen molar-refractivity contribution in [2.24, 2.45) is 0 Å². The molecule has 0 fully saturated rings. The van der Waals surface area contributed by atoms with Crippen molar-refractivity contribution in [3.63, 3.8) is 0 Å². The molecule has 0 atom stereocenters. The molecule has 2 N–H and O–H groups in total. The predicted molar refractivity (Wildman–Crippen MR) is 93.7 cm³/mol. The van der Waals surface area contributed by atoms with Crippen LogP contribution in [-0.2, 0) is 11.3 Å². The second kappa shape index (κ2) is 8.66. The fourth-order valence-corrected chi connectivity index (χ4v) is 2.42. The highest BCUT2D eigenvalue weighted by Gasteiger charge is 2.25. The highest BCUT2D eigenvalue weighted by atomic mass is 35.5. The molecule has 0 aromatic heterocycles. The van der Waals surface area contributed by atoms with Crippen molar-refractivity contribution in [1.29, 1.82) is 0 Å². The molecule has 25 heavy (non-hydrogen) atoms. The third kappa shape index (κ3) is 6.58. The summed E-state index contributed by atoms with van der Waals surface area (Å²) in [5.74, 6) is -0.302. The molecule has 0 saturated carbocycles.